The number of ether oxygens (including phenoxy) is 2. The van der Waals surface area contributed by atoms with Crippen LogP contribution in [-0.4, -0.2) is 76.7 Å². The van der Waals surface area contributed by atoms with Crippen LogP contribution in [0, 0.1) is 11.8 Å². The summed E-state index contributed by atoms with van der Waals surface area (Å²) in [5, 5.41) is 9.25. The van der Waals surface area contributed by atoms with Gasteiger partial charge in [0.2, 0.25) is 5.91 Å². The Hall–Kier alpha value is -2.78. The second-order valence-corrected chi connectivity index (χ2v) is 12.6. The Morgan fingerprint density at radius 2 is 1.92 bits per heavy atom. The van der Waals surface area contributed by atoms with Gasteiger partial charge in [-0.2, -0.15) is 0 Å². The number of hydrogen-bond acceptors (Lipinski definition) is 7. The molecule has 8 nitrogen and oxygen atoms in total. The van der Waals surface area contributed by atoms with E-state index in [-0.39, 0.29) is 37.5 Å². The van der Waals surface area contributed by atoms with Crippen LogP contribution in [0.2, 0.25) is 0 Å². The molecule has 39 heavy (non-hydrogen) atoms. The van der Waals surface area contributed by atoms with Crippen molar-refractivity contribution < 1.29 is 29.0 Å². The maximum absolute atomic E-state index is 14.5. The van der Waals surface area contributed by atoms with Gasteiger partial charge in [0.1, 0.15) is 11.8 Å². The highest BCUT2D eigenvalue weighted by molar-refractivity contribution is 8.02. The number of carbonyl (C=O) groups excluding carboxylic acids is 3. The van der Waals surface area contributed by atoms with E-state index in [1.165, 1.54) is 0 Å². The number of rotatable bonds is 14. The highest BCUT2D eigenvalue weighted by Crippen LogP contribution is 2.71. The summed E-state index contributed by atoms with van der Waals surface area (Å²) >= 11 is 1.64. The molecule has 9 heteroatoms. The van der Waals surface area contributed by atoms with E-state index in [9.17, 15) is 19.5 Å². The van der Waals surface area contributed by atoms with Gasteiger partial charge in [-0.25, -0.2) is 0 Å². The smallest absolute Gasteiger partial charge is 0.311 e. The largest absolute Gasteiger partial charge is 0.497 e. The molecule has 3 aliphatic rings. The van der Waals surface area contributed by atoms with Crippen molar-refractivity contribution in [2.24, 2.45) is 11.8 Å². The fourth-order valence-electron chi connectivity index (χ4n) is 6.57. The molecule has 4 rings (SSSR count). The molecule has 2 amide bonds. The predicted octanol–water partition coefficient (Wildman–Crippen LogP) is 3.98. The second-order valence-electron chi connectivity index (χ2n) is 10.7. The number of aliphatic hydroxyl groups excluding tert-OH is 1. The topological polar surface area (TPSA) is 96.4 Å². The van der Waals surface area contributed by atoms with Gasteiger partial charge in [-0.15, -0.1) is 24.9 Å². The number of amides is 2. The number of methoxy groups -OCH3 is 1. The molecule has 212 valence electrons. The van der Waals surface area contributed by atoms with Crippen LogP contribution in [-0.2, 0) is 19.1 Å². The lowest BCUT2D eigenvalue weighted by Crippen LogP contribution is -2.55. The van der Waals surface area contributed by atoms with Crippen molar-refractivity contribution in [1.29, 1.82) is 0 Å². The summed E-state index contributed by atoms with van der Waals surface area (Å²) in [6.45, 7) is 10.6. The van der Waals surface area contributed by atoms with Gasteiger partial charge < -0.3 is 24.4 Å². The summed E-state index contributed by atoms with van der Waals surface area (Å²) in [6.07, 6.45) is 7.37. The minimum absolute atomic E-state index is 0.0836. The Labute approximate surface area is 235 Å². The highest BCUT2D eigenvalue weighted by Gasteiger charge is 2.77. The molecular weight excluding hydrogens is 516 g/mol. The molecule has 1 spiro atoms. The van der Waals surface area contributed by atoms with Crippen molar-refractivity contribution >= 4 is 35.2 Å². The van der Waals surface area contributed by atoms with Crippen LogP contribution in [0.4, 0.5) is 5.69 Å². The fourth-order valence-corrected chi connectivity index (χ4v) is 8.91. The zero-order chi connectivity index (χ0) is 28.2. The summed E-state index contributed by atoms with van der Waals surface area (Å²) in [7, 11) is 1.59. The molecule has 5 atom stereocenters. The zero-order valence-corrected chi connectivity index (χ0v) is 23.8. The van der Waals surface area contributed by atoms with E-state index in [2.05, 4.69) is 13.2 Å². The summed E-state index contributed by atoms with van der Waals surface area (Å²) in [5.74, 6) is -1.23. The predicted molar refractivity (Wildman–Crippen MR) is 153 cm³/mol. The van der Waals surface area contributed by atoms with Gasteiger partial charge in [-0.05, 0) is 69.7 Å². The highest BCUT2D eigenvalue weighted by atomic mass is 32.2. The van der Waals surface area contributed by atoms with Crippen LogP contribution >= 0.6 is 11.8 Å². The third-order valence-corrected chi connectivity index (χ3v) is 10.3. The van der Waals surface area contributed by atoms with E-state index in [0.717, 1.165) is 12.8 Å². The Morgan fingerprint density at radius 3 is 2.56 bits per heavy atom. The lowest BCUT2D eigenvalue weighted by Gasteiger charge is -2.37. The molecule has 0 aromatic heterocycles. The molecule has 1 aromatic rings. The van der Waals surface area contributed by atoms with E-state index in [0.29, 0.717) is 43.7 Å². The molecule has 3 heterocycles. The SMILES string of the molecule is C=CCCOC(=O)[C@@H]1[C@H]2C(=O)N(CCCCCO)C(C(=O)N(CC=C)c3ccc(OC)cc3)C23CC[C@@]1(C)S3. The molecule has 0 radical (unpaired) electrons. The van der Waals surface area contributed by atoms with Crippen molar-refractivity contribution in [3.63, 3.8) is 0 Å². The van der Waals surface area contributed by atoms with Gasteiger partial charge in [0.15, 0.2) is 0 Å². The third kappa shape index (κ3) is 5.23. The number of carbonyl (C=O) groups is 3. The van der Waals surface area contributed by atoms with Crippen LogP contribution in [0.5, 0.6) is 5.75 Å². The Kier molecular flexibility index (Phi) is 9.11. The molecule has 3 fully saturated rings. The van der Waals surface area contributed by atoms with Crippen LogP contribution < -0.4 is 9.64 Å². The first-order valence-corrected chi connectivity index (χ1v) is 14.5. The molecule has 1 N–H and O–H groups in total. The summed E-state index contributed by atoms with van der Waals surface area (Å²) in [5.41, 5.74) is 0.692. The first kappa shape index (κ1) is 29.2. The first-order valence-electron chi connectivity index (χ1n) is 13.7. The second kappa shape index (κ2) is 12.2. The number of esters is 1. The van der Waals surface area contributed by atoms with Gasteiger partial charge in [0.25, 0.3) is 5.91 Å². The Balaban J connectivity index is 1.72. The molecule has 2 bridgehead atoms. The van der Waals surface area contributed by atoms with Gasteiger partial charge in [0, 0.05) is 30.1 Å². The number of thioether (sulfide) groups is 1. The number of nitrogens with zero attached hydrogens (tertiary/aromatic N) is 2. The molecule has 3 saturated heterocycles. The van der Waals surface area contributed by atoms with Gasteiger partial charge in [-0.1, -0.05) is 12.2 Å². The molecule has 1 aromatic carbocycles. The number of unbranched alkanes of at least 4 members (excludes halogenated alkanes) is 2. The van der Waals surface area contributed by atoms with Crippen LogP contribution in [0.15, 0.2) is 49.6 Å². The van der Waals surface area contributed by atoms with Gasteiger partial charge >= 0.3 is 5.97 Å². The minimum atomic E-state index is -0.719. The normalized spacial score (nSPS) is 28.7. The molecule has 2 unspecified atom stereocenters. The number of likely N-dealkylation sites (tertiary alicyclic amines) is 1. The summed E-state index contributed by atoms with van der Waals surface area (Å²) in [6, 6.07) is 6.55. The van der Waals surface area contributed by atoms with E-state index < -0.39 is 27.4 Å². The lowest BCUT2D eigenvalue weighted by atomic mass is 9.66. The van der Waals surface area contributed by atoms with Crippen molar-refractivity contribution in [3.8, 4) is 5.75 Å². The number of hydrogen-bond donors (Lipinski definition) is 1. The number of aliphatic hydroxyl groups is 1. The van der Waals surface area contributed by atoms with Crippen molar-refractivity contribution in [2.75, 3.05) is 38.3 Å². The maximum atomic E-state index is 14.5. The van der Waals surface area contributed by atoms with Crippen LogP contribution in [0.1, 0.15) is 45.4 Å². The van der Waals surface area contributed by atoms with Crippen molar-refractivity contribution in [1.82, 2.24) is 4.90 Å². The average molecular weight is 557 g/mol. The van der Waals surface area contributed by atoms with Crippen LogP contribution in [0.25, 0.3) is 0 Å². The number of fused-ring (bicyclic) bond motifs is 1. The molecular formula is C30H40N2O6S. The summed E-state index contributed by atoms with van der Waals surface area (Å²) in [4.78, 5) is 45.5. The minimum Gasteiger partial charge on any atom is -0.497 e. The molecule has 0 aliphatic carbocycles. The van der Waals surface area contributed by atoms with Crippen molar-refractivity contribution in [2.45, 2.75) is 61.0 Å². The quantitative estimate of drug-likeness (QED) is 0.210. The Morgan fingerprint density at radius 1 is 1.18 bits per heavy atom. The van der Waals surface area contributed by atoms with E-state index in [4.69, 9.17) is 9.47 Å². The monoisotopic (exact) mass is 556 g/mol. The summed E-state index contributed by atoms with van der Waals surface area (Å²) < 4.78 is 9.72. The molecule has 3 aliphatic heterocycles. The fraction of sp³-hybridized carbons (Fsp3) is 0.567. The van der Waals surface area contributed by atoms with Crippen molar-refractivity contribution in [3.05, 3.63) is 49.6 Å². The first-order chi connectivity index (χ1) is 18.8. The lowest BCUT2D eigenvalue weighted by molar-refractivity contribution is -0.155. The van der Waals surface area contributed by atoms with Crippen LogP contribution in [0.3, 0.4) is 0 Å². The number of benzene rings is 1. The standard InChI is InChI=1S/C30H40N2O6S/c1-5-7-20-38-28(36)24-23-26(34)32(18-9-8-10-19-33)25(30(23)16-15-29(24,3)39-30)27(35)31(17-6-2)21-11-13-22(37-4)14-12-21/h5-6,11-14,23-25,33H,1-2,7-10,15-20H2,3-4H3/t23-,24-,25?,29+,30?/m0/s1. The number of anilines is 1. The Bertz CT molecular complexity index is 1090. The van der Waals surface area contributed by atoms with Gasteiger partial charge in [0.05, 0.1) is 30.3 Å². The molecule has 0 saturated carbocycles. The third-order valence-electron chi connectivity index (χ3n) is 8.35. The van der Waals surface area contributed by atoms with E-state index in [1.807, 2.05) is 19.1 Å². The van der Waals surface area contributed by atoms with E-state index >= 15 is 0 Å². The van der Waals surface area contributed by atoms with E-state index in [1.54, 1.807) is 53.0 Å². The zero-order valence-electron chi connectivity index (χ0n) is 23.0. The average Bonchev–Trinajstić information content (AvgIpc) is 3.50. The maximum Gasteiger partial charge on any atom is 0.311 e. The van der Waals surface area contributed by atoms with Gasteiger partial charge in [-0.3, -0.25) is 14.4 Å².